The summed E-state index contributed by atoms with van der Waals surface area (Å²) in [5.74, 6) is -0.433. The molecule has 1 aliphatic rings. The van der Waals surface area contributed by atoms with E-state index in [2.05, 4.69) is 5.32 Å². The van der Waals surface area contributed by atoms with Crippen molar-refractivity contribution in [3.8, 4) is 5.75 Å². The predicted molar refractivity (Wildman–Crippen MR) is 78.6 cm³/mol. The Hall–Kier alpha value is -2.24. The third kappa shape index (κ3) is 2.94. The van der Waals surface area contributed by atoms with Gasteiger partial charge in [0, 0.05) is 6.54 Å². The molecule has 1 aliphatic heterocycles. The van der Waals surface area contributed by atoms with E-state index in [-0.39, 0.29) is 0 Å². The van der Waals surface area contributed by atoms with Crippen molar-refractivity contribution in [3.63, 3.8) is 0 Å². The maximum Gasteiger partial charge on any atom is 0.329 e. The average molecular weight is 292 g/mol. The largest absolute Gasteiger partial charge is 0.495 e. The molecule has 21 heavy (non-hydrogen) atoms. The van der Waals surface area contributed by atoms with Crippen molar-refractivity contribution in [1.82, 2.24) is 4.90 Å². The van der Waals surface area contributed by atoms with Crippen LogP contribution in [0, 0.1) is 0 Å². The molecule has 2 amide bonds. The molecule has 6 heteroatoms. The van der Waals surface area contributed by atoms with Crippen molar-refractivity contribution in [1.29, 1.82) is 0 Å². The summed E-state index contributed by atoms with van der Waals surface area (Å²) in [4.78, 5) is 25.4. The molecule has 6 nitrogen and oxygen atoms in total. The summed E-state index contributed by atoms with van der Waals surface area (Å²) in [7, 11) is 1.52. The second-order valence-corrected chi connectivity index (χ2v) is 5.32. The highest BCUT2D eigenvalue weighted by Crippen LogP contribution is 2.30. The van der Waals surface area contributed by atoms with E-state index in [0.29, 0.717) is 24.4 Å². The summed E-state index contributed by atoms with van der Waals surface area (Å²) in [5.41, 5.74) is -0.632. The van der Waals surface area contributed by atoms with Crippen LogP contribution >= 0.6 is 0 Å². The molecule has 0 bridgehead atoms. The summed E-state index contributed by atoms with van der Waals surface area (Å²) in [6.45, 7) is 2.03. The van der Waals surface area contributed by atoms with Gasteiger partial charge in [-0.25, -0.2) is 9.59 Å². The van der Waals surface area contributed by atoms with Crippen LogP contribution in [-0.4, -0.2) is 41.2 Å². The number of urea groups is 1. The molecule has 2 N–H and O–H groups in total. The van der Waals surface area contributed by atoms with Crippen LogP contribution in [0.25, 0.3) is 0 Å². The molecular formula is C15H20N2O4. The van der Waals surface area contributed by atoms with Crippen molar-refractivity contribution in [2.75, 3.05) is 19.0 Å². The lowest BCUT2D eigenvalue weighted by Gasteiger charge is -2.41. The fourth-order valence-corrected chi connectivity index (χ4v) is 2.60. The Balaban J connectivity index is 2.20. The van der Waals surface area contributed by atoms with Gasteiger partial charge in [-0.05, 0) is 38.3 Å². The van der Waals surface area contributed by atoms with Crippen LogP contribution in [0.15, 0.2) is 24.3 Å². The van der Waals surface area contributed by atoms with E-state index < -0.39 is 17.5 Å². The molecule has 0 spiro atoms. The third-order valence-corrected chi connectivity index (χ3v) is 3.95. The van der Waals surface area contributed by atoms with E-state index in [9.17, 15) is 14.7 Å². The highest BCUT2D eigenvalue weighted by Gasteiger charge is 2.44. The topological polar surface area (TPSA) is 78.9 Å². The van der Waals surface area contributed by atoms with Gasteiger partial charge in [0.05, 0.1) is 12.8 Å². The van der Waals surface area contributed by atoms with E-state index in [4.69, 9.17) is 4.74 Å². The van der Waals surface area contributed by atoms with Gasteiger partial charge in [-0.15, -0.1) is 0 Å². The second-order valence-electron chi connectivity index (χ2n) is 5.32. The van der Waals surface area contributed by atoms with Gasteiger partial charge in [0.2, 0.25) is 0 Å². The minimum absolute atomic E-state index is 0.413. The number of hydrogen-bond acceptors (Lipinski definition) is 3. The fourth-order valence-electron chi connectivity index (χ4n) is 2.60. The van der Waals surface area contributed by atoms with E-state index in [1.807, 2.05) is 0 Å². The Labute approximate surface area is 123 Å². The van der Waals surface area contributed by atoms with Crippen LogP contribution in [0.4, 0.5) is 10.5 Å². The Morgan fingerprint density at radius 1 is 1.33 bits per heavy atom. The lowest BCUT2D eigenvalue weighted by molar-refractivity contribution is -0.150. The summed E-state index contributed by atoms with van der Waals surface area (Å²) >= 11 is 0. The second kappa shape index (κ2) is 6.03. The summed E-state index contributed by atoms with van der Waals surface area (Å²) in [6.07, 6.45) is 2.07. The van der Waals surface area contributed by atoms with Gasteiger partial charge in [-0.2, -0.15) is 0 Å². The number of amides is 2. The lowest BCUT2D eigenvalue weighted by Crippen LogP contribution is -2.58. The molecule has 0 saturated carbocycles. The maximum absolute atomic E-state index is 12.5. The maximum atomic E-state index is 12.5. The number of para-hydroxylation sites is 2. The van der Waals surface area contributed by atoms with Crippen LogP contribution in [-0.2, 0) is 4.79 Å². The number of carbonyl (C=O) groups excluding carboxylic acids is 1. The zero-order valence-corrected chi connectivity index (χ0v) is 12.3. The monoisotopic (exact) mass is 292 g/mol. The van der Waals surface area contributed by atoms with E-state index in [1.54, 1.807) is 31.2 Å². The Kier molecular flexibility index (Phi) is 4.35. The Bertz CT molecular complexity index is 546. The fraction of sp³-hybridized carbons (Fsp3) is 0.467. The number of carboxylic acid groups (broad SMARTS) is 1. The third-order valence-electron chi connectivity index (χ3n) is 3.95. The van der Waals surface area contributed by atoms with Gasteiger partial charge in [0.15, 0.2) is 0 Å². The van der Waals surface area contributed by atoms with Crippen LogP contribution in [0.5, 0.6) is 5.75 Å². The molecule has 1 saturated heterocycles. The zero-order valence-electron chi connectivity index (χ0n) is 12.3. The van der Waals surface area contributed by atoms with Crippen molar-refractivity contribution in [2.45, 2.75) is 31.7 Å². The van der Waals surface area contributed by atoms with Gasteiger partial charge >= 0.3 is 12.0 Å². The lowest BCUT2D eigenvalue weighted by atomic mass is 9.89. The SMILES string of the molecule is COc1ccccc1NC(=O)N1CCCCC1(C)C(=O)O. The van der Waals surface area contributed by atoms with Crippen LogP contribution < -0.4 is 10.1 Å². The number of ether oxygens (including phenoxy) is 1. The first-order valence-electron chi connectivity index (χ1n) is 6.94. The first-order chi connectivity index (χ1) is 9.99. The number of benzene rings is 1. The number of rotatable bonds is 3. The van der Waals surface area contributed by atoms with Crippen molar-refractivity contribution in [2.24, 2.45) is 0 Å². The Morgan fingerprint density at radius 2 is 2.05 bits per heavy atom. The number of hydrogen-bond donors (Lipinski definition) is 2. The number of nitrogens with zero attached hydrogens (tertiary/aromatic N) is 1. The van der Waals surface area contributed by atoms with Gasteiger partial charge in [-0.1, -0.05) is 12.1 Å². The molecule has 0 radical (unpaired) electrons. The normalized spacial score (nSPS) is 21.7. The van der Waals surface area contributed by atoms with Crippen LogP contribution in [0.1, 0.15) is 26.2 Å². The van der Waals surface area contributed by atoms with Crippen LogP contribution in [0.3, 0.4) is 0 Å². The average Bonchev–Trinajstić information content (AvgIpc) is 2.48. The van der Waals surface area contributed by atoms with Crippen LogP contribution in [0.2, 0.25) is 0 Å². The highest BCUT2D eigenvalue weighted by atomic mass is 16.5. The summed E-state index contributed by atoms with van der Waals surface area (Å²) in [6, 6.07) is 6.63. The minimum Gasteiger partial charge on any atom is -0.495 e. The smallest absolute Gasteiger partial charge is 0.329 e. The molecule has 2 rings (SSSR count). The standard InChI is InChI=1S/C15H20N2O4/c1-15(13(18)19)9-5-6-10-17(15)14(20)16-11-7-3-4-8-12(11)21-2/h3-4,7-8H,5-6,9-10H2,1-2H3,(H,16,20)(H,18,19). The number of likely N-dealkylation sites (tertiary alicyclic amines) is 1. The van der Waals surface area contributed by atoms with Gasteiger partial charge in [0.1, 0.15) is 11.3 Å². The van der Waals surface area contributed by atoms with E-state index in [1.165, 1.54) is 12.0 Å². The van der Waals surface area contributed by atoms with Crippen molar-refractivity contribution >= 4 is 17.7 Å². The quantitative estimate of drug-likeness (QED) is 0.897. The Morgan fingerprint density at radius 3 is 2.71 bits per heavy atom. The number of piperidine rings is 1. The predicted octanol–water partition coefficient (Wildman–Crippen LogP) is 2.56. The van der Waals surface area contributed by atoms with Crippen molar-refractivity contribution < 1.29 is 19.4 Å². The highest BCUT2D eigenvalue weighted by molar-refractivity contribution is 5.95. The summed E-state index contributed by atoms with van der Waals surface area (Å²) < 4.78 is 5.18. The number of methoxy groups -OCH3 is 1. The van der Waals surface area contributed by atoms with E-state index in [0.717, 1.165) is 12.8 Å². The number of carbonyl (C=O) groups is 2. The number of aliphatic carboxylic acids is 1. The van der Waals surface area contributed by atoms with Crippen molar-refractivity contribution in [3.05, 3.63) is 24.3 Å². The molecule has 1 aromatic rings. The molecule has 1 unspecified atom stereocenters. The molecule has 0 aliphatic carbocycles. The number of anilines is 1. The zero-order chi connectivity index (χ0) is 15.5. The van der Waals surface area contributed by atoms with Gasteiger partial charge in [-0.3, -0.25) is 0 Å². The molecule has 114 valence electrons. The molecular weight excluding hydrogens is 272 g/mol. The first-order valence-corrected chi connectivity index (χ1v) is 6.94. The molecule has 1 aromatic carbocycles. The van der Waals surface area contributed by atoms with Gasteiger partial charge < -0.3 is 20.1 Å². The van der Waals surface area contributed by atoms with Gasteiger partial charge in [0.25, 0.3) is 0 Å². The van der Waals surface area contributed by atoms with E-state index >= 15 is 0 Å². The molecule has 0 aromatic heterocycles. The first kappa shape index (κ1) is 15.2. The summed E-state index contributed by atoms with van der Waals surface area (Å²) in [5, 5.41) is 12.2. The molecule has 1 fully saturated rings. The number of carboxylic acids is 1. The molecule has 1 heterocycles. The minimum atomic E-state index is -1.16. The molecule has 1 atom stereocenters. The number of nitrogens with one attached hydrogen (secondary N) is 1.